The van der Waals surface area contributed by atoms with E-state index in [1.165, 1.54) is 51.4 Å². The van der Waals surface area contributed by atoms with Gasteiger partial charge in [0.25, 0.3) is 5.91 Å². The highest BCUT2D eigenvalue weighted by molar-refractivity contribution is 8.01. The number of amides is 1. The Labute approximate surface area is 175 Å². The van der Waals surface area contributed by atoms with E-state index in [0.717, 1.165) is 9.24 Å². The Bertz CT molecular complexity index is 1110. The molecule has 5 nitrogen and oxygen atoms in total. The summed E-state index contributed by atoms with van der Waals surface area (Å²) in [6.07, 6.45) is 7.42. The number of nitrogens with one attached hydrogen (secondary N) is 1. The number of carbonyl (C=O) groups is 1. The van der Waals surface area contributed by atoms with Crippen LogP contribution in [-0.4, -0.2) is 32.6 Å². The number of thioether (sulfide) groups is 2. The lowest BCUT2D eigenvalue weighted by atomic mass is 10.0. The van der Waals surface area contributed by atoms with E-state index in [0.29, 0.717) is 17.8 Å². The summed E-state index contributed by atoms with van der Waals surface area (Å²) >= 11 is 4.38. The summed E-state index contributed by atoms with van der Waals surface area (Å²) in [7, 11) is 0. The van der Waals surface area contributed by atoms with Crippen molar-refractivity contribution >= 4 is 57.4 Å². The van der Waals surface area contributed by atoms with Gasteiger partial charge in [-0.25, -0.2) is 0 Å². The first-order chi connectivity index (χ1) is 13.7. The highest BCUT2D eigenvalue weighted by atomic mass is 32.2. The fraction of sp³-hybridized carbons (Fsp3) is 0.150. The van der Waals surface area contributed by atoms with Crippen LogP contribution in [-0.2, 0) is 6.54 Å². The summed E-state index contributed by atoms with van der Waals surface area (Å²) < 4.78 is 7.12. The molecule has 0 radical (unpaired) electrons. The lowest BCUT2D eigenvalue weighted by Crippen LogP contribution is -2.12. The molecule has 0 unspecified atom stereocenters. The van der Waals surface area contributed by atoms with E-state index < -0.39 is 0 Å². The van der Waals surface area contributed by atoms with Crippen LogP contribution in [0.3, 0.4) is 0 Å². The van der Waals surface area contributed by atoms with Crippen molar-refractivity contribution in [2.45, 2.75) is 15.8 Å². The molecule has 0 aliphatic carbocycles. The molecule has 0 saturated carbocycles. The van der Waals surface area contributed by atoms with Gasteiger partial charge >= 0.3 is 0 Å². The predicted octanol–water partition coefficient (Wildman–Crippen LogP) is 5.24. The average molecular weight is 427 g/mol. The van der Waals surface area contributed by atoms with E-state index in [1.54, 1.807) is 6.20 Å². The zero-order valence-corrected chi connectivity index (χ0v) is 17.8. The number of anilines is 1. The summed E-state index contributed by atoms with van der Waals surface area (Å²) in [5, 5.41) is 10.6. The lowest BCUT2D eigenvalue weighted by Gasteiger charge is -2.07. The average Bonchev–Trinajstić information content (AvgIpc) is 3.34. The van der Waals surface area contributed by atoms with Gasteiger partial charge < -0.3 is 5.32 Å². The second-order valence-corrected chi connectivity index (χ2v) is 8.72. The van der Waals surface area contributed by atoms with Crippen LogP contribution in [0.25, 0.3) is 10.8 Å². The van der Waals surface area contributed by atoms with E-state index in [2.05, 4.69) is 45.1 Å². The van der Waals surface area contributed by atoms with Gasteiger partial charge in [0.2, 0.25) is 0 Å². The van der Waals surface area contributed by atoms with E-state index in [-0.39, 0.29) is 5.91 Å². The third kappa shape index (κ3) is 3.80. The van der Waals surface area contributed by atoms with Crippen LogP contribution >= 0.6 is 35.1 Å². The van der Waals surface area contributed by atoms with E-state index in [1.807, 2.05) is 35.5 Å². The van der Waals surface area contributed by atoms with E-state index in [9.17, 15) is 4.79 Å². The Balaban J connectivity index is 1.53. The van der Waals surface area contributed by atoms with Gasteiger partial charge in [-0.2, -0.15) is 9.47 Å². The topological polar surface area (TPSA) is 59.8 Å². The Morgan fingerprint density at radius 3 is 2.79 bits per heavy atom. The van der Waals surface area contributed by atoms with Crippen molar-refractivity contribution in [2.75, 3.05) is 17.8 Å². The maximum absolute atomic E-state index is 12.8. The summed E-state index contributed by atoms with van der Waals surface area (Å²) in [6.45, 7) is 0.642. The maximum atomic E-state index is 12.8. The first-order valence-corrected chi connectivity index (χ1v) is 11.8. The van der Waals surface area contributed by atoms with Crippen molar-refractivity contribution in [3.63, 3.8) is 0 Å². The van der Waals surface area contributed by atoms with Gasteiger partial charge in [-0.1, -0.05) is 42.5 Å². The number of hydrogen-bond donors (Lipinski definition) is 1. The van der Waals surface area contributed by atoms with E-state index in [4.69, 9.17) is 0 Å². The molecule has 8 heteroatoms. The molecule has 4 rings (SSSR count). The molecule has 0 saturated heterocycles. The van der Waals surface area contributed by atoms with Crippen LogP contribution in [0.1, 0.15) is 15.9 Å². The summed E-state index contributed by atoms with van der Waals surface area (Å²) in [4.78, 5) is 12.8. The SMILES string of the molecule is CSc1nsc(SC)c1C(=O)Nc1cnn(Cc2cccc3ccccc23)c1. The van der Waals surface area contributed by atoms with Crippen LogP contribution in [0.5, 0.6) is 0 Å². The summed E-state index contributed by atoms with van der Waals surface area (Å²) in [5.41, 5.74) is 2.51. The van der Waals surface area contributed by atoms with Crippen LogP contribution in [0.15, 0.2) is 64.1 Å². The third-order valence-electron chi connectivity index (χ3n) is 4.34. The second kappa shape index (κ2) is 8.38. The first-order valence-electron chi connectivity index (χ1n) is 8.57. The van der Waals surface area contributed by atoms with Gasteiger partial charge in [-0.15, -0.1) is 23.5 Å². The number of benzene rings is 2. The molecule has 4 aromatic rings. The number of rotatable bonds is 6. The standard InChI is InChI=1S/C20H18N4OS3/c1-26-19-17(20(27-2)28-23-19)18(25)22-15-10-21-24(12-15)11-14-8-5-7-13-6-3-4-9-16(13)14/h3-10,12H,11H2,1-2H3,(H,22,25). The van der Waals surface area contributed by atoms with Gasteiger partial charge in [0.05, 0.1) is 28.2 Å². The van der Waals surface area contributed by atoms with Crippen molar-refractivity contribution in [3.05, 3.63) is 66.0 Å². The molecule has 0 fully saturated rings. The number of hydrogen-bond acceptors (Lipinski definition) is 6. The molecule has 1 N–H and O–H groups in total. The van der Waals surface area contributed by atoms with Gasteiger partial charge in [-0.3, -0.25) is 9.48 Å². The predicted molar refractivity (Wildman–Crippen MR) is 119 cm³/mol. The zero-order valence-electron chi connectivity index (χ0n) is 15.4. The van der Waals surface area contributed by atoms with Crippen LogP contribution in [0.2, 0.25) is 0 Å². The largest absolute Gasteiger partial charge is 0.319 e. The molecule has 2 aromatic heterocycles. The van der Waals surface area contributed by atoms with Crippen LogP contribution < -0.4 is 5.32 Å². The van der Waals surface area contributed by atoms with Gasteiger partial charge in [0, 0.05) is 6.20 Å². The first kappa shape index (κ1) is 19.0. The van der Waals surface area contributed by atoms with E-state index >= 15 is 0 Å². The van der Waals surface area contributed by atoms with Gasteiger partial charge in [0.1, 0.15) is 5.03 Å². The molecule has 142 valence electrons. The van der Waals surface area contributed by atoms with Crippen molar-refractivity contribution in [2.24, 2.45) is 0 Å². The lowest BCUT2D eigenvalue weighted by molar-refractivity contribution is 0.102. The summed E-state index contributed by atoms with van der Waals surface area (Å²) in [6, 6.07) is 14.6. The minimum Gasteiger partial charge on any atom is -0.319 e. The monoisotopic (exact) mass is 426 g/mol. The van der Waals surface area contributed by atoms with Crippen molar-refractivity contribution in [1.82, 2.24) is 14.2 Å². The quantitative estimate of drug-likeness (QED) is 0.427. The zero-order chi connectivity index (χ0) is 19.5. The molecule has 28 heavy (non-hydrogen) atoms. The molecule has 2 aromatic carbocycles. The Morgan fingerprint density at radius 1 is 1.14 bits per heavy atom. The highest BCUT2D eigenvalue weighted by Crippen LogP contribution is 2.33. The van der Waals surface area contributed by atoms with Crippen molar-refractivity contribution in [3.8, 4) is 0 Å². The van der Waals surface area contributed by atoms with Gasteiger partial charge in [-0.05, 0) is 40.4 Å². The van der Waals surface area contributed by atoms with Crippen molar-refractivity contribution < 1.29 is 4.79 Å². The molecular weight excluding hydrogens is 408 g/mol. The minimum absolute atomic E-state index is 0.146. The van der Waals surface area contributed by atoms with Gasteiger partial charge in [0.15, 0.2) is 0 Å². The smallest absolute Gasteiger partial charge is 0.260 e. The molecule has 0 bridgehead atoms. The number of carbonyl (C=O) groups excluding carboxylic acids is 1. The number of aromatic nitrogens is 3. The fourth-order valence-corrected chi connectivity index (χ4v) is 5.32. The highest BCUT2D eigenvalue weighted by Gasteiger charge is 2.20. The normalized spacial score (nSPS) is 11.1. The Hall–Kier alpha value is -2.29. The minimum atomic E-state index is -0.146. The Morgan fingerprint density at radius 2 is 1.96 bits per heavy atom. The molecular formula is C20H18N4OS3. The molecule has 1 amide bonds. The molecule has 2 heterocycles. The summed E-state index contributed by atoms with van der Waals surface area (Å²) in [5.74, 6) is -0.146. The molecule has 0 atom stereocenters. The van der Waals surface area contributed by atoms with Crippen LogP contribution in [0, 0.1) is 0 Å². The van der Waals surface area contributed by atoms with Crippen molar-refractivity contribution in [1.29, 1.82) is 0 Å². The fourth-order valence-electron chi connectivity index (χ4n) is 3.04. The molecule has 0 aliphatic rings. The second-order valence-electron chi connectivity index (χ2n) is 6.08. The molecule has 0 spiro atoms. The molecule has 0 aliphatic heterocycles. The Kier molecular flexibility index (Phi) is 5.70. The third-order valence-corrected chi connectivity index (χ3v) is 7.08. The number of nitrogens with zero attached hydrogens (tertiary/aromatic N) is 3. The maximum Gasteiger partial charge on any atom is 0.260 e. The number of fused-ring (bicyclic) bond motifs is 1. The van der Waals surface area contributed by atoms with Crippen LogP contribution in [0.4, 0.5) is 5.69 Å².